The highest BCUT2D eigenvalue weighted by Crippen LogP contribution is 2.29. The molecule has 0 amide bonds. The zero-order valence-electron chi connectivity index (χ0n) is 8.58. The first-order valence-electron chi connectivity index (χ1n) is 4.82. The predicted molar refractivity (Wildman–Crippen MR) is 69.9 cm³/mol. The van der Waals surface area contributed by atoms with Gasteiger partial charge in [0.15, 0.2) is 6.29 Å². The SMILES string of the molecule is O=Cc1cc(Cl)ccc1-c1cc(Br)ccc1F. The highest BCUT2D eigenvalue weighted by atomic mass is 79.9. The van der Waals surface area contributed by atoms with Crippen molar-refractivity contribution < 1.29 is 9.18 Å². The zero-order valence-corrected chi connectivity index (χ0v) is 10.9. The topological polar surface area (TPSA) is 17.1 Å². The fourth-order valence-electron chi connectivity index (χ4n) is 1.58. The van der Waals surface area contributed by atoms with Crippen LogP contribution in [-0.4, -0.2) is 6.29 Å². The molecule has 0 saturated carbocycles. The Morgan fingerprint density at radius 2 is 1.88 bits per heavy atom. The molecule has 0 aliphatic heterocycles. The molecule has 0 aromatic heterocycles. The Labute approximate surface area is 111 Å². The Bertz CT molecular complexity index is 584. The Hall–Kier alpha value is -1.19. The highest BCUT2D eigenvalue weighted by Gasteiger charge is 2.10. The molecule has 86 valence electrons. The fraction of sp³-hybridized carbons (Fsp3) is 0. The molecular formula is C13H7BrClFO. The molecule has 0 N–H and O–H groups in total. The lowest BCUT2D eigenvalue weighted by Gasteiger charge is -2.07. The van der Waals surface area contributed by atoms with Crippen LogP contribution in [0.2, 0.25) is 5.02 Å². The van der Waals surface area contributed by atoms with Crippen LogP contribution >= 0.6 is 27.5 Å². The highest BCUT2D eigenvalue weighted by molar-refractivity contribution is 9.10. The molecule has 0 heterocycles. The summed E-state index contributed by atoms with van der Waals surface area (Å²) in [4.78, 5) is 11.0. The van der Waals surface area contributed by atoms with Gasteiger partial charge in [-0.05, 0) is 35.9 Å². The third kappa shape index (κ3) is 2.56. The average Bonchev–Trinajstić information content (AvgIpc) is 2.32. The van der Waals surface area contributed by atoms with Crippen LogP contribution in [-0.2, 0) is 0 Å². The van der Waals surface area contributed by atoms with Gasteiger partial charge in [0.05, 0.1) is 0 Å². The van der Waals surface area contributed by atoms with Gasteiger partial charge in [0, 0.05) is 20.6 Å². The molecule has 0 saturated heterocycles. The fourth-order valence-corrected chi connectivity index (χ4v) is 2.12. The van der Waals surface area contributed by atoms with E-state index in [0.29, 0.717) is 28.0 Å². The van der Waals surface area contributed by atoms with Crippen LogP contribution in [0.3, 0.4) is 0 Å². The maximum absolute atomic E-state index is 13.7. The van der Waals surface area contributed by atoms with E-state index in [0.717, 1.165) is 4.47 Å². The maximum atomic E-state index is 13.7. The van der Waals surface area contributed by atoms with E-state index in [2.05, 4.69) is 15.9 Å². The molecule has 17 heavy (non-hydrogen) atoms. The zero-order chi connectivity index (χ0) is 12.4. The Balaban J connectivity index is 2.67. The molecule has 0 spiro atoms. The third-order valence-corrected chi connectivity index (χ3v) is 3.09. The largest absolute Gasteiger partial charge is 0.298 e. The van der Waals surface area contributed by atoms with Gasteiger partial charge in [-0.3, -0.25) is 4.79 Å². The summed E-state index contributed by atoms with van der Waals surface area (Å²) in [6.07, 6.45) is 0.668. The summed E-state index contributed by atoms with van der Waals surface area (Å²) < 4.78 is 14.5. The number of rotatable bonds is 2. The summed E-state index contributed by atoms with van der Waals surface area (Å²) in [6.45, 7) is 0. The van der Waals surface area contributed by atoms with Crippen LogP contribution in [0, 0.1) is 5.82 Å². The van der Waals surface area contributed by atoms with Gasteiger partial charge >= 0.3 is 0 Å². The molecule has 2 aromatic carbocycles. The van der Waals surface area contributed by atoms with E-state index in [9.17, 15) is 9.18 Å². The van der Waals surface area contributed by atoms with Crippen molar-refractivity contribution in [2.45, 2.75) is 0 Å². The van der Waals surface area contributed by atoms with Crippen LogP contribution in [0.25, 0.3) is 11.1 Å². The monoisotopic (exact) mass is 312 g/mol. The van der Waals surface area contributed by atoms with Crippen molar-refractivity contribution in [3.63, 3.8) is 0 Å². The van der Waals surface area contributed by atoms with E-state index in [1.54, 1.807) is 24.3 Å². The number of hydrogen-bond acceptors (Lipinski definition) is 1. The summed E-state index contributed by atoms with van der Waals surface area (Å²) in [5.41, 5.74) is 1.27. The molecule has 0 bridgehead atoms. The minimum atomic E-state index is -0.376. The first-order valence-corrected chi connectivity index (χ1v) is 5.99. The van der Waals surface area contributed by atoms with Crippen LogP contribution in [0.1, 0.15) is 10.4 Å². The molecule has 0 fully saturated rings. The second kappa shape index (κ2) is 4.98. The molecule has 2 rings (SSSR count). The van der Waals surface area contributed by atoms with Crippen molar-refractivity contribution in [2.75, 3.05) is 0 Å². The minimum Gasteiger partial charge on any atom is -0.298 e. The first kappa shape index (κ1) is 12.3. The Kier molecular flexibility index (Phi) is 3.60. The van der Waals surface area contributed by atoms with E-state index in [4.69, 9.17) is 11.6 Å². The van der Waals surface area contributed by atoms with E-state index in [1.807, 2.05) is 0 Å². The maximum Gasteiger partial charge on any atom is 0.150 e. The number of benzene rings is 2. The van der Waals surface area contributed by atoms with Gasteiger partial charge in [-0.25, -0.2) is 4.39 Å². The number of hydrogen-bond donors (Lipinski definition) is 0. The average molecular weight is 314 g/mol. The quantitative estimate of drug-likeness (QED) is 0.733. The van der Waals surface area contributed by atoms with Crippen molar-refractivity contribution >= 4 is 33.8 Å². The molecule has 0 radical (unpaired) electrons. The Morgan fingerprint density at radius 3 is 2.59 bits per heavy atom. The van der Waals surface area contributed by atoms with Gasteiger partial charge < -0.3 is 0 Å². The third-order valence-electron chi connectivity index (χ3n) is 2.36. The van der Waals surface area contributed by atoms with Crippen molar-refractivity contribution in [1.82, 2.24) is 0 Å². The standard InChI is InChI=1S/C13H7BrClFO/c14-9-1-4-13(16)12(6-9)11-3-2-10(15)5-8(11)7-17/h1-7H. The van der Waals surface area contributed by atoms with Crippen LogP contribution in [0.4, 0.5) is 4.39 Å². The lowest BCUT2D eigenvalue weighted by molar-refractivity contribution is 0.112. The van der Waals surface area contributed by atoms with Crippen molar-refractivity contribution in [3.8, 4) is 11.1 Å². The van der Waals surface area contributed by atoms with Crippen molar-refractivity contribution in [1.29, 1.82) is 0 Å². The second-order valence-electron chi connectivity index (χ2n) is 3.47. The van der Waals surface area contributed by atoms with Crippen molar-refractivity contribution in [2.24, 2.45) is 0 Å². The summed E-state index contributed by atoms with van der Waals surface area (Å²) >= 11 is 9.07. The summed E-state index contributed by atoms with van der Waals surface area (Å²) in [5, 5.41) is 0.450. The van der Waals surface area contributed by atoms with Crippen LogP contribution in [0.15, 0.2) is 40.9 Å². The van der Waals surface area contributed by atoms with Gasteiger partial charge in [-0.1, -0.05) is 33.6 Å². The smallest absolute Gasteiger partial charge is 0.150 e. The van der Waals surface area contributed by atoms with Crippen LogP contribution in [0.5, 0.6) is 0 Å². The van der Waals surface area contributed by atoms with Gasteiger partial charge in [0.1, 0.15) is 5.82 Å². The lowest BCUT2D eigenvalue weighted by atomic mass is 10.00. The van der Waals surface area contributed by atoms with Gasteiger partial charge in [-0.2, -0.15) is 0 Å². The summed E-state index contributed by atoms with van der Waals surface area (Å²) in [5.74, 6) is -0.376. The minimum absolute atomic E-state index is 0.370. The number of aldehydes is 1. The van der Waals surface area contributed by atoms with E-state index < -0.39 is 0 Å². The molecular weight excluding hydrogens is 306 g/mol. The molecule has 2 aromatic rings. The predicted octanol–water partition coefficient (Wildman–Crippen LogP) is 4.72. The van der Waals surface area contributed by atoms with Gasteiger partial charge in [0.25, 0.3) is 0 Å². The Morgan fingerprint density at radius 1 is 1.12 bits per heavy atom. The van der Waals surface area contributed by atoms with E-state index >= 15 is 0 Å². The summed E-state index contributed by atoms with van der Waals surface area (Å²) in [7, 11) is 0. The van der Waals surface area contributed by atoms with Crippen LogP contribution < -0.4 is 0 Å². The first-order chi connectivity index (χ1) is 8.11. The van der Waals surface area contributed by atoms with Gasteiger partial charge in [-0.15, -0.1) is 0 Å². The number of carbonyl (C=O) groups is 1. The normalized spacial score (nSPS) is 10.3. The van der Waals surface area contributed by atoms with E-state index in [-0.39, 0.29) is 5.82 Å². The lowest BCUT2D eigenvalue weighted by Crippen LogP contribution is -1.91. The van der Waals surface area contributed by atoms with E-state index in [1.165, 1.54) is 12.1 Å². The van der Waals surface area contributed by atoms with Crippen molar-refractivity contribution in [3.05, 3.63) is 57.3 Å². The molecule has 4 heteroatoms. The molecule has 0 atom stereocenters. The number of halogens is 3. The van der Waals surface area contributed by atoms with Gasteiger partial charge in [0.2, 0.25) is 0 Å². The molecule has 0 aliphatic carbocycles. The molecule has 1 nitrogen and oxygen atoms in total. The molecule has 0 aliphatic rings. The number of carbonyl (C=O) groups excluding carboxylic acids is 1. The second-order valence-corrected chi connectivity index (χ2v) is 4.83. The molecule has 0 unspecified atom stereocenters. The summed E-state index contributed by atoms with van der Waals surface area (Å²) in [6, 6.07) is 9.37.